The van der Waals surface area contributed by atoms with Gasteiger partial charge in [0.1, 0.15) is 22.3 Å². The first-order valence-corrected chi connectivity index (χ1v) is 10.6. The maximum Gasteiger partial charge on any atom is 0.261 e. The van der Waals surface area contributed by atoms with Crippen LogP contribution in [0.3, 0.4) is 0 Å². The third-order valence-corrected chi connectivity index (χ3v) is 5.89. The van der Waals surface area contributed by atoms with Crippen LogP contribution in [0.15, 0.2) is 47.8 Å². The van der Waals surface area contributed by atoms with E-state index in [9.17, 15) is 9.18 Å². The van der Waals surface area contributed by atoms with Gasteiger partial charge in [-0.05, 0) is 30.3 Å². The lowest BCUT2D eigenvalue weighted by atomic mass is 10.1. The van der Waals surface area contributed by atoms with E-state index in [0.29, 0.717) is 28.0 Å². The van der Waals surface area contributed by atoms with Gasteiger partial charge in [0.05, 0.1) is 30.5 Å². The molecule has 7 nitrogen and oxygen atoms in total. The molecule has 2 heterocycles. The summed E-state index contributed by atoms with van der Waals surface area (Å²) in [7, 11) is 4.83. The second-order valence-electron chi connectivity index (χ2n) is 6.70. The molecule has 164 valence electrons. The molecule has 0 bridgehead atoms. The molecule has 4 rings (SSSR count). The number of amides is 1. The minimum atomic E-state index is -0.697. The molecular formula is C22H18ClFN4O3S. The molecule has 2 aromatic carbocycles. The Morgan fingerprint density at radius 1 is 1.12 bits per heavy atom. The Balaban J connectivity index is 1.59. The summed E-state index contributed by atoms with van der Waals surface area (Å²) in [4.78, 5) is 17.2. The standard InChI is InChI=1S/C22H18ClFN4O3S/c1-28-19(26-21(29)20-13(23)5-4-6-14(20)24)10-15(27-28)22-25-16(11-32-22)12-7-8-17(30-2)18(9-12)31-3/h4-11H,1-3H3,(H,26,29). The minimum Gasteiger partial charge on any atom is -0.493 e. The maximum atomic E-state index is 14.0. The van der Waals surface area contributed by atoms with Crippen molar-refractivity contribution in [1.29, 1.82) is 0 Å². The van der Waals surface area contributed by atoms with Gasteiger partial charge < -0.3 is 14.8 Å². The van der Waals surface area contributed by atoms with Gasteiger partial charge in [0.15, 0.2) is 11.5 Å². The number of hydrogen-bond donors (Lipinski definition) is 1. The summed E-state index contributed by atoms with van der Waals surface area (Å²) in [6.07, 6.45) is 0. The number of halogens is 2. The summed E-state index contributed by atoms with van der Waals surface area (Å²) in [5.41, 5.74) is 1.96. The summed E-state index contributed by atoms with van der Waals surface area (Å²) >= 11 is 7.39. The number of carbonyl (C=O) groups excluding carboxylic acids is 1. The van der Waals surface area contributed by atoms with Crippen LogP contribution < -0.4 is 14.8 Å². The fourth-order valence-electron chi connectivity index (χ4n) is 3.10. The fourth-order valence-corrected chi connectivity index (χ4v) is 4.13. The largest absolute Gasteiger partial charge is 0.493 e. The molecule has 0 atom stereocenters. The normalized spacial score (nSPS) is 10.8. The van der Waals surface area contributed by atoms with Crippen LogP contribution in [0, 0.1) is 5.82 Å². The number of aromatic nitrogens is 3. The minimum absolute atomic E-state index is 0.0318. The Labute approximate surface area is 192 Å². The van der Waals surface area contributed by atoms with Gasteiger partial charge >= 0.3 is 0 Å². The van der Waals surface area contributed by atoms with Crippen LogP contribution in [0.2, 0.25) is 5.02 Å². The first-order valence-electron chi connectivity index (χ1n) is 9.39. The molecule has 0 unspecified atom stereocenters. The Kier molecular flexibility index (Phi) is 6.11. The Hall–Kier alpha value is -3.43. The van der Waals surface area contributed by atoms with Gasteiger partial charge in [-0.25, -0.2) is 9.37 Å². The van der Waals surface area contributed by atoms with E-state index in [2.05, 4.69) is 15.4 Å². The van der Waals surface area contributed by atoms with Crippen molar-refractivity contribution >= 4 is 34.7 Å². The van der Waals surface area contributed by atoms with Crippen LogP contribution in [0.4, 0.5) is 10.2 Å². The SMILES string of the molecule is COc1ccc(-c2csc(-c3cc(NC(=O)c4c(F)cccc4Cl)n(C)n3)n2)cc1OC. The third kappa shape index (κ3) is 4.17. The first kappa shape index (κ1) is 21.8. The van der Waals surface area contributed by atoms with Crippen LogP contribution in [-0.4, -0.2) is 34.9 Å². The number of benzene rings is 2. The summed E-state index contributed by atoms with van der Waals surface area (Å²) in [6, 6.07) is 11.3. The number of thiazole rings is 1. The molecule has 0 aliphatic carbocycles. The molecule has 4 aromatic rings. The molecule has 1 amide bonds. The molecule has 0 saturated heterocycles. The van der Waals surface area contributed by atoms with Gasteiger partial charge in [-0.2, -0.15) is 5.10 Å². The van der Waals surface area contributed by atoms with Gasteiger partial charge in [-0.3, -0.25) is 9.48 Å². The van der Waals surface area contributed by atoms with Crippen LogP contribution >= 0.6 is 22.9 Å². The van der Waals surface area contributed by atoms with Crippen LogP contribution in [0.1, 0.15) is 10.4 Å². The van der Waals surface area contributed by atoms with Gasteiger partial charge in [-0.15, -0.1) is 11.3 Å². The zero-order valence-corrected chi connectivity index (χ0v) is 18.9. The Bertz CT molecular complexity index is 1280. The zero-order chi connectivity index (χ0) is 22.8. The van der Waals surface area contributed by atoms with Crippen molar-refractivity contribution in [2.75, 3.05) is 19.5 Å². The number of carbonyl (C=O) groups is 1. The molecule has 0 fully saturated rings. The average Bonchev–Trinajstić information content (AvgIpc) is 3.40. The lowest BCUT2D eigenvalue weighted by Crippen LogP contribution is -2.16. The van der Waals surface area contributed by atoms with Crippen molar-refractivity contribution in [2.24, 2.45) is 7.05 Å². The number of methoxy groups -OCH3 is 2. The maximum absolute atomic E-state index is 14.0. The van der Waals surface area contributed by atoms with Crippen molar-refractivity contribution in [3.8, 4) is 33.5 Å². The van der Waals surface area contributed by atoms with Crippen molar-refractivity contribution in [3.63, 3.8) is 0 Å². The van der Waals surface area contributed by atoms with Crippen molar-refractivity contribution < 1.29 is 18.7 Å². The first-order chi connectivity index (χ1) is 15.4. The number of nitrogens with one attached hydrogen (secondary N) is 1. The molecule has 0 saturated carbocycles. The summed E-state index contributed by atoms with van der Waals surface area (Å²) in [5.74, 6) is 0.262. The van der Waals surface area contributed by atoms with E-state index in [1.165, 1.54) is 34.2 Å². The van der Waals surface area contributed by atoms with Crippen LogP contribution in [0.25, 0.3) is 22.0 Å². The van der Waals surface area contributed by atoms with E-state index in [-0.39, 0.29) is 10.6 Å². The van der Waals surface area contributed by atoms with E-state index in [1.54, 1.807) is 27.3 Å². The predicted octanol–water partition coefficient (Wildman–Crippen LogP) is 5.27. The smallest absolute Gasteiger partial charge is 0.261 e. The molecule has 10 heteroatoms. The molecule has 0 aliphatic rings. The van der Waals surface area contributed by atoms with E-state index < -0.39 is 11.7 Å². The molecule has 1 N–H and O–H groups in total. The van der Waals surface area contributed by atoms with Crippen molar-refractivity contribution in [2.45, 2.75) is 0 Å². The monoisotopic (exact) mass is 472 g/mol. The summed E-state index contributed by atoms with van der Waals surface area (Å²) < 4.78 is 26.2. The van der Waals surface area contributed by atoms with Crippen molar-refractivity contribution in [3.05, 3.63) is 64.2 Å². The summed E-state index contributed by atoms with van der Waals surface area (Å²) in [6.45, 7) is 0. The molecule has 2 aromatic heterocycles. The number of nitrogens with zero attached hydrogens (tertiary/aromatic N) is 3. The van der Waals surface area contributed by atoms with Gasteiger partial charge in [0, 0.05) is 24.1 Å². The topological polar surface area (TPSA) is 78.3 Å². The van der Waals surface area contributed by atoms with Crippen LogP contribution in [-0.2, 0) is 7.05 Å². The van der Waals surface area contributed by atoms with E-state index >= 15 is 0 Å². The predicted molar refractivity (Wildman–Crippen MR) is 122 cm³/mol. The highest BCUT2D eigenvalue weighted by atomic mass is 35.5. The molecule has 0 radical (unpaired) electrons. The molecule has 0 aliphatic heterocycles. The lowest BCUT2D eigenvalue weighted by Gasteiger charge is -2.08. The molecule has 0 spiro atoms. The van der Waals surface area contributed by atoms with E-state index in [1.807, 2.05) is 23.6 Å². The van der Waals surface area contributed by atoms with Gasteiger partial charge in [0.2, 0.25) is 0 Å². The Morgan fingerprint density at radius 2 is 1.91 bits per heavy atom. The van der Waals surface area contributed by atoms with Gasteiger partial charge in [-0.1, -0.05) is 17.7 Å². The highest BCUT2D eigenvalue weighted by Gasteiger charge is 2.19. The number of anilines is 1. The number of rotatable bonds is 6. The molecule has 32 heavy (non-hydrogen) atoms. The third-order valence-electron chi connectivity index (χ3n) is 4.71. The second-order valence-corrected chi connectivity index (χ2v) is 7.96. The van der Waals surface area contributed by atoms with E-state index in [4.69, 9.17) is 21.1 Å². The number of ether oxygens (including phenoxy) is 2. The number of hydrogen-bond acceptors (Lipinski definition) is 6. The van der Waals surface area contributed by atoms with Crippen molar-refractivity contribution in [1.82, 2.24) is 14.8 Å². The van der Waals surface area contributed by atoms with Gasteiger partial charge in [0.25, 0.3) is 5.91 Å². The Morgan fingerprint density at radius 3 is 2.62 bits per heavy atom. The average molecular weight is 473 g/mol. The lowest BCUT2D eigenvalue weighted by molar-refractivity contribution is 0.102. The number of aryl methyl sites for hydroxylation is 1. The van der Waals surface area contributed by atoms with E-state index in [0.717, 1.165) is 11.3 Å². The quantitative estimate of drug-likeness (QED) is 0.413. The molecular weight excluding hydrogens is 455 g/mol. The highest BCUT2D eigenvalue weighted by Crippen LogP contribution is 2.34. The highest BCUT2D eigenvalue weighted by molar-refractivity contribution is 7.13. The summed E-state index contributed by atoms with van der Waals surface area (Å²) in [5, 5.41) is 9.67. The zero-order valence-electron chi connectivity index (χ0n) is 17.3. The fraction of sp³-hybridized carbons (Fsp3) is 0.136. The van der Waals surface area contributed by atoms with Crippen LogP contribution in [0.5, 0.6) is 11.5 Å². The second kappa shape index (κ2) is 8.97.